The first kappa shape index (κ1) is 38.8. The molecule has 228 valence electrons. The molecule has 4 N–H and O–H groups in total. The van der Waals surface area contributed by atoms with Gasteiger partial charge in [-0.05, 0) is 0 Å². The van der Waals surface area contributed by atoms with Crippen LogP contribution in [0.15, 0.2) is 9.98 Å². The van der Waals surface area contributed by atoms with Gasteiger partial charge < -0.3 is 40.1 Å². The molecule has 0 saturated carbocycles. The Hall–Kier alpha value is -0.230. The van der Waals surface area contributed by atoms with Crippen molar-refractivity contribution in [2.75, 3.05) is 82.2 Å². The number of nitrogens with one attached hydrogen (secondary N) is 2. The molecule has 0 unspecified atom stereocenters. The zero-order chi connectivity index (χ0) is 28.5. The molecule has 0 aromatic rings. The Labute approximate surface area is 257 Å². The topological polar surface area (TPSA) is 179 Å². The third kappa shape index (κ3) is 33.9. The lowest BCUT2D eigenvalue weighted by Crippen LogP contribution is -2.24. The van der Waals surface area contributed by atoms with E-state index in [9.17, 15) is 9.59 Å². The van der Waals surface area contributed by atoms with Gasteiger partial charge in [0.25, 0.3) is 0 Å². The van der Waals surface area contributed by atoms with E-state index in [-0.39, 0.29) is 32.4 Å². The van der Waals surface area contributed by atoms with Crippen molar-refractivity contribution in [1.82, 2.24) is 10.6 Å². The second-order valence-corrected chi connectivity index (χ2v) is 14.0. The lowest BCUT2D eigenvalue weighted by Gasteiger charge is -2.06. The minimum atomic E-state index is -0.551. The molecule has 14 nitrogen and oxygen atoms in total. The van der Waals surface area contributed by atoms with Gasteiger partial charge in [0.2, 0.25) is 12.8 Å². The summed E-state index contributed by atoms with van der Waals surface area (Å²) in [5.41, 5.74) is 0. The molecule has 39 heavy (non-hydrogen) atoms. The van der Waals surface area contributed by atoms with Gasteiger partial charge in [-0.25, -0.2) is 19.6 Å². The maximum atomic E-state index is 11.6. The average molecular weight is 691 g/mol. The quantitative estimate of drug-likeness (QED) is 0.0235. The normalized spacial score (nSPS) is 11.1. The number of aliphatic imine (C=N–C) groups is 2. The van der Waals surface area contributed by atoms with Crippen LogP contribution in [0.1, 0.15) is 0 Å². The molecule has 0 aliphatic carbocycles. The van der Waals surface area contributed by atoms with E-state index in [4.69, 9.17) is 24.7 Å². The number of thioether (sulfide) groups is 7. The number of aliphatic hydroxyl groups excluding tert-OH is 2. The number of nitrogens with zero attached hydrogens (tertiary/aromatic N) is 2. The van der Waals surface area contributed by atoms with Gasteiger partial charge >= 0.3 is 12.2 Å². The highest BCUT2D eigenvalue weighted by atomic mass is 32.2. The minimum absolute atomic E-state index is 0.0159. The number of ether oxygens (including phenoxy) is 2. The zero-order valence-electron chi connectivity index (χ0n) is 21.0. The number of hydrogen-bond acceptors (Lipinski definition) is 19. The summed E-state index contributed by atoms with van der Waals surface area (Å²) in [6, 6.07) is 0. The van der Waals surface area contributed by atoms with Crippen LogP contribution in [0, 0.1) is 0 Å². The van der Waals surface area contributed by atoms with E-state index in [0.717, 1.165) is 20.3 Å². The second-order valence-electron chi connectivity index (χ2n) is 5.76. The van der Waals surface area contributed by atoms with Crippen LogP contribution < -0.4 is 10.6 Å². The molecule has 0 heterocycles. The van der Waals surface area contributed by atoms with E-state index in [0.29, 0.717) is 29.4 Å². The molecule has 2 amide bonds. The van der Waals surface area contributed by atoms with Crippen molar-refractivity contribution in [1.29, 1.82) is 0 Å². The number of aliphatic hydroxyl groups is 2. The molecule has 0 bridgehead atoms. The number of alkyl carbamates (subject to hydrolysis) is 2. The largest absolute Gasteiger partial charge is 0.447 e. The summed E-state index contributed by atoms with van der Waals surface area (Å²) >= 11 is 10.8. The van der Waals surface area contributed by atoms with Gasteiger partial charge in [-0.2, -0.15) is 9.78 Å². The van der Waals surface area contributed by atoms with Gasteiger partial charge in [-0.15, -0.1) is 82.3 Å². The van der Waals surface area contributed by atoms with Gasteiger partial charge in [-0.1, -0.05) is 0 Å². The van der Waals surface area contributed by atoms with Crippen LogP contribution in [0.4, 0.5) is 9.59 Å². The van der Waals surface area contributed by atoms with Crippen LogP contribution in [0.25, 0.3) is 0 Å². The Balaban J connectivity index is 3.26. The van der Waals surface area contributed by atoms with Gasteiger partial charge in [0.15, 0.2) is 0 Å². The Kier molecular flexibility index (Phi) is 33.8. The fraction of sp³-hybridized carbons (Fsp3) is 0.778. The average Bonchev–Trinajstić information content (AvgIpc) is 2.94. The maximum Gasteiger partial charge on any atom is 0.408 e. The Morgan fingerprint density at radius 1 is 0.641 bits per heavy atom. The lowest BCUT2D eigenvalue weighted by molar-refractivity contribution is -0.221. The van der Waals surface area contributed by atoms with Crippen molar-refractivity contribution < 1.29 is 48.8 Å². The summed E-state index contributed by atoms with van der Waals surface area (Å²) in [6.45, 7) is -0.234. The number of carbonyl (C=O) groups is 2. The predicted molar refractivity (Wildman–Crippen MR) is 166 cm³/mol. The lowest BCUT2D eigenvalue weighted by atomic mass is 10.8. The van der Waals surface area contributed by atoms with Gasteiger partial charge in [0, 0.05) is 20.3 Å². The summed E-state index contributed by atoms with van der Waals surface area (Å²) in [6.07, 6.45) is 1.42. The number of carbonyl (C=O) groups excluding carboxylic acids is 2. The Bertz CT molecular complexity index is 633. The molecule has 0 aromatic carbocycles. The fourth-order valence-corrected chi connectivity index (χ4v) is 7.15. The first-order chi connectivity index (χ1) is 19.2. The second kappa shape index (κ2) is 34.0. The summed E-state index contributed by atoms with van der Waals surface area (Å²) in [5, 5.41) is 25.3. The highest BCUT2D eigenvalue weighted by molar-refractivity contribution is 8.22. The van der Waals surface area contributed by atoms with Crippen molar-refractivity contribution in [3.63, 3.8) is 0 Å². The van der Waals surface area contributed by atoms with Crippen molar-refractivity contribution in [3.05, 3.63) is 0 Å². The minimum Gasteiger partial charge on any atom is -0.447 e. The third-order valence-corrected chi connectivity index (χ3v) is 10.2. The van der Waals surface area contributed by atoms with Gasteiger partial charge in [0.1, 0.15) is 25.1 Å². The van der Waals surface area contributed by atoms with Crippen LogP contribution in [0.3, 0.4) is 0 Å². The molecule has 0 fully saturated rings. The SMILES string of the molecule is O=C(NCSCSC/N=C\OOCSCSCSCOC(=O)NCSCSC/N=C/OOCCO)OCCO. The van der Waals surface area contributed by atoms with E-state index in [1.54, 1.807) is 47.0 Å². The Morgan fingerprint density at radius 2 is 1.18 bits per heavy atom. The standard InChI is InChI=1S/C18H34N4O10S7/c23-1-3-27-17(25)21-9-35-13-34-8-20-6-31-32-12-38-16-39-15-37-11-28-18(26)22-10-36-14-33-7-19-5-30-29-4-2-24/h5-6,23-24H,1-4,7-16H2,(H,21,25)(H,22,26)/b19-5+,20-6-. The third-order valence-electron chi connectivity index (χ3n) is 2.91. The highest BCUT2D eigenvalue weighted by Crippen LogP contribution is 2.18. The summed E-state index contributed by atoms with van der Waals surface area (Å²) in [4.78, 5) is 49.6. The van der Waals surface area contributed by atoms with Crippen LogP contribution in [-0.2, 0) is 29.0 Å². The van der Waals surface area contributed by atoms with Gasteiger partial charge in [-0.3, -0.25) is 0 Å². The highest BCUT2D eigenvalue weighted by Gasteiger charge is 2.02. The van der Waals surface area contributed by atoms with Crippen LogP contribution in [0.2, 0.25) is 0 Å². The van der Waals surface area contributed by atoms with E-state index in [1.165, 1.54) is 48.1 Å². The molecule has 0 spiro atoms. The first-order valence-corrected chi connectivity index (χ1v) is 18.9. The predicted octanol–water partition coefficient (Wildman–Crippen LogP) is 3.08. The molecule has 0 rings (SSSR count). The summed E-state index contributed by atoms with van der Waals surface area (Å²) < 4.78 is 9.74. The number of hydrogen-bond donors (Lipinski definition) is 4. The fourth-order valence-electron chi connectivity index (χ4n) is 1.49. The van der Waals surface area contributed by atoms with Crippen molar-refractivity contribution in [3.8, 4) is 0 Å². The zero-order valence-corrected chi connectivity index (χ0v) is 26.7. The van der Waals surface area contributed by atoms with Crippen LogP contribution in [0.5, 0.6) is 0 Å². The van der Waals surface area contributed by atoms with Crippen molar-refractivity contribution in [2.45, 2.75) is 0 Å². The van der Waals surface area contributed by atoms with E-state index >= 15 is 0 Å². The summed E-state index contributed by atoms with van der Waals surface area (Å²) in [5.74, 6) is 2.48. The molecule has 0 saturated heterocycles. The maximum absolute atomic E-state index is 11.6. The number of amides is 2. The Morgan fingerprint density at radius 3 is 1.79 bits per heavy atom. The first-order valence-electron chi connectivity index (χ1n) is 10.8. The van der Waals surface area contributed by atoms with Gasteiger partial charge in [0.05, 0.1) is 36.7 Å². The number of rotatable bonds is 28. The smallest absolute Gasteiger partial charge is 0.408 e. The van der Waals surface area contributed by atoms with Crippen molar-refractivity contribution in [2.24, 2.45) is 9.98 Å². The van der Waals surface area contributed by atoms with Crippen LogP contribution >= 0.6 is 82.3 Å². The van der Waals surface area contributed by atoms with E-state index in [1.807, 2.05) is 0 Å². The molecule has 0 atom stereocenters. The summed E-state index contributed by atoms with van der Waals surface area (Å²) in [7, 11) is 0. The molecule has 0 radical (unpaired) electrons. The monoisotopic (exact) mass is 690 g/mol. The van der Waals surface area contributed by atoms with Crippen molar-refractivity contribution >= 4 is 107 Å². The van der Waals surface area contributed by atoms with E-state index < -0.39 is 12.2 Å². The molecular weight excluding hydrogens is 657 g/mol. The molecule has 0 aliphatic heterocycles. The van der Waals surface area contributed by atoms with Crippen LogP contribution in [-0.4, -0.2) is 117 Å². The molecule has 0 aliphatic rings. The molecule has 0 aromatic heterocycles. The van der Waals surface area contributed by atoms with E-state index in [2.05, 4.69) is 35.1 Å². The molecular formula is C18H34N4O10S7. The molecule has 21 heteroatoms.